The van der Waals surface area contributed by atoms with Crippen molar-refractivity contribution in [1.82, 2.24) is 14.8 Å². The van der Waals surface area contributed by atoms with E-state index < -0.39 is 27.4 Å². The number of alkyl halides is 3. The minimum Gasteiger partial charge on any atom is -0.406 e. The molecule has 0 radical (unpaired) electrons. The van der Waals surface area contributed by atoms with E-state index in [0.717, 1.165) is 12.1 Å². The van der Waals surface area contributed by atoms with Crippen LogP contribution in [-0.4, -0.2) is 41.1 Å². The second kappa shape index (κ2) is 7.69. The van der Waals surface area contributed by atoms with Gasteiger partial charge < -0.3 is 4.74 Å². The van der Waals surface area contributed by atoms with Crippen molar-refractivity contribution in [2.24, 2.45) is 0 Å². The van der Waals surface area contributed by atoms with E-state index in [2.05, 4.69) is 19.5 Å². The first-order valence-electron chi connectivity index (χ1n) is 9.05. The van der Waals surface area contributed by atoms with Crippen LogP contribution in [0.25, 0.3) is 17.1 Å². The summed E-state index contributed by atoms with van der Waals surface area (Å²) >= 11 is 0. The molecule has 8 nitrogen and oxygen atoms in total. The third-order valence-corrected chi connectivity index (χ3v) is 6.24. The topological polar surface area (TPSA) is 103 Å². The molecule has 0 aliphatic heterocycles. The summed E-state index contributed by atoms with van der Waals surface area (Å²) in [4.78, 5) is 15.1. The lowest BCUT2D eigenvalue weighted by atomic mass is 10.1. The van der Waals surface area contributed by atoms with Crippen LogP contribution in [0.1, 0.15) is 23.2 Å². The first-order chi connectivity index (χ1) is 14.6. The van der Waals surface area contributed by atoms with Gasteiger partial charge in [0.05, 0.1) is 10.9 Å². The number of ether oxygens (including phenoxy) is 1. The van der Waals surface area contributed by atoms with Gasteiger partial charge >= 0.3 is 6.36 Å². The molecule has 0 bridgehead atoms. The van der Waals surface area contributed by atoms with Crippen molar-refractivity contribution < 1.29 is 31.1 Å². The molecule has 0 saturated heterocycles. The molecular formula is C19H15F3N4O4S. The normalized spacial score (nSPS) is 14.3. The molecule has 0 spiro atoms. The molecule has 12 heteroatoms. The molecule has 2 aromatic carbocycles. The van der Waals surface area contributed by atoms with Gasteiger partial charge in [0.25, 0.3) is 0 Å². The summed E-state index contributed by atoms with van der Waals surface area (Å²) in [7, 11) is -3.68. The lowest BCUT2D eigenvalue weighted by molar-refractivity contribution is -0.274. The van der Waals surface area contributed by atoms with Crippen molar-refractivity contribution in [3.8, 4) is 22.8 Å². The van der Waals surface area contributed by atoms with Crippen molar-refractivity contribution >= 4 is 22.3 Å². The predicted molar refractivity (Wildman–Crippen MR) is 104 cm³/mol. The van der Waals surface area contributed by atoms with Gasteiger partial charge in [-0.25, -0.2) is 8.42 Å². The third kappa shape index (κ3) is 4.85. The molecule has 3 aromatic rings. The Kier molecular flexibility index (Phi) is 5.17. The predicted octanol–water partition coefficient (Wildman–Crippen LogP) is 3.55. The first kappa shape index (κ1) is 20.8. The van der Waals surface area contributed by atoms with Crippen molar-refractivity contribution in [2.75, 3.05) is 4.72 Å². The largest absolute Gasteiger partial charge is 0.573 e. The Hall–Kier alpha value is -3.41. The Morgan fingerprint density at radius 3 is 2.26 bits per heavy atom. The Morgan fingerprint density at radius 2 is 1.71 bits per heavy atom. The lowest BCUT2D eigenvalue weighted by Crippen LogP contribution is -2.20. The summed E-state index contributed by atoms with van der Waals surface area (Å²) in [6.07, 6.45) is -3.09. The maximum atomic E-state index is 12.4. The molecule has 1 aliphatic rings. The number of rotatable bonds is 7. The fourth-order valence-electron chi connectivity index (χ4n) is 2.77. The first-order valence-corrected chi connectivity index (χ1v) is 10.6. The third-order valence-electron chi connectivity index (χ3n) is 4.42. The molecule has 1 saturated carbocycles. The summed E-state index contributed by atoms with van der Waals surface area (Å²) < 4.78 is 69.4. The number of aromatic nitrogens is 3. The number of benzene rings is 2. The van der Waals surface area contributed by atoms with Crippen LogP contribution in [0.2, 0.25) is 0 Å². The van der Waals surface area contributed by atoms with Crippen molar-refractivity contribution in [3.63, 3.8) is 0 Å². The van der Waals surface area contributed by atoms with E-state index in [9.17, 15) is 26.4 Å². The number of hydrogen-bond acceptors (Lipinski definition) is 6. The smallest absolute Gasteiger partial charge is 0.406 e. The SMILES string of the molecule is O=Cc1ccc(-c2nc(NS(=O)(=O)C3CC3)n(-c3ccc(OC(F)(F)F)cc3)n2)cc1. The number of hydrogen-bond donors (Lipinski definition) is 1. The van der Waals surface area contributed by atoms with Gasteiger partial charge in [-0.05, 0) is 37.1 Å². The average Bonchev–Trinajstić information content (AvgIpc) is 3.50. The van der Waals surface area contributed by atoms with Gasteiger partial charge in [0, 0.05) is 11.1 Å². The zero-order valence-corrected chi connectivity index (χ0v) is 16.5. The van der Waals surface area contributed by atoms with Crippen LogP contribution in [0.3, 0.4) is 0 Å². The molecule has 1 fully saturated rings. The molecule has 1 aliphatic carbocycles. The number of carbonyl (C=O) groups excluding carboxylic acids is 1. The highest BCUT2D eigenvalue weighted by Gasteiger charge is 2.37. The Bertz CT molecular complexity index is 1200. The average molecular weight is 452 g/mol. The second-order valence-corrected chi connectivity index (χ2v) is 8.76. The van der Waals surface area contributed by atoms with E-state index in [0.29, 0.717) is 30.3 Å². The highest BCUT2D eigenvalue weighted by atomic mass is 32.2. The zero-order chi connectivity index (χ0) is 22.2. The number of nitrogens with zero attached hydrogens (tertiary/aromatic N) is 3. The molecule has 0 amide bonds. The van der Waals surface area contributed by atoms with Gasteiger partial charge in [-0.2, -0.15) is 9.67 Å². The van der Waals surface area contributed by atoms with E-state index in [1.165, 1.54) is 16.8 Å². The summed E-state index contributed by atoms with van der Waals surface area (Å²) in [5.41, 5.74) is 1.23. The highest BCUT2D eigenvalue weighted by Crippen LogP contribution is 2.31. The molecule has 1 N–H and O–H groups in total. The molecule has 1 heterocycles. The molecule has 31 heavy (non-hydrogen) atoms. The Balaban J connectivity index is 1.72. The van der Waals surface area contributed by atoms with Crippen LogP contribution in [0, 0.1) is 0 Å². The summed E-state index contributed by atoms with van der Waals surface area (Å²) in [5, 5.41) is 3.78. The number of sulfonamides is 1. The maximum Gasteiger partial charge on any atom is 0.573 e. The van der Waals surface area contributed by atoms with Gasteiger partial charge in [0.1, 0.15) is 12.0 Å². The van der Waals surface area contributed by atoms with Crippen LogP contribution in [0.15, 0.2) is 48.5 Å². The second-order valence-electron chi connectivity index (χ2n) is 6.80. The number of halogens is 3. The molecular weight excluding hydrogens is 437 g/mol. The number of aldehydes is 1. The molecule has 1 aromatic heterocycles. The molecule has 0 unspecified atom stereocenters. The standard InChI is InChI=1S/C19H15F3N4O4S/c20-19(21,22)30-15-7-5-14(6-8-15)26-18(25-31(28,29)16-9-10-16)23-17(24-26)13-3-1-12(11-27)2-4-13/h1-8,11,16H,9-10H2,(H,23,24,25). The summed E-state index contributed by atoms with van der Waals surface area (Å²) in [5.74, 6) is -0.367. The molecule has 162 valence electrons. The summed E-state index contributed by atoms with van der Waals surface area (Å²) in [6.45, 7) is 0. The summed E-state index contributed by atoms with van der Waals surface area (Å²) in [6, 6.07) is 11.1. The fourth-order valence-corrected chi connectivity index (χ4v) is 4.08. The van der Waals surface area contributed by atoms with Gasteiger partial charge in [-0.1, -0.05) is 24.3 Å². The Labute approximate surface area is 174 Å². The van der Waals surface area contributed by atoms with E-state index in [-0.39, 0.29) is 17.5 Å². The van der Waals surface area contributed by atoms with Crippen molar-refractivity contribution in [3.05, 3.63) is 54.1 Å². The van der Waals surface area contributed by atoms with Crippen LogP contribution in [-0.2, 0) is 10.0 Å². The zero-order valence-electron chi connectivity index (χ0n) is 15.7. The fraction of sp³-hybridized carbons (Fsp3) is 0.211. The number of nitrogens with one attached hydrogen (secondary N) is 1. The molecule has 4 rings (SSSR count). The highest BCUT2D eigenvalue weighted by molar-refractivity contribution is 7.93. The number of anilines is 1. The monoisotopic (exact) mass is 452 g/mol. The number of carbonyl (C=O) groups is 1. The lowest BCUT2D eigenvalue weighted by Gasteiger charge is -2.11. The van der Waals surface area contributed by atoms with Gasteiger partial charge in [-0.15, -0.1) is 18.3 Å². The van der Waals surface area contributed by atoms with Crippen LogP contribution < -0.4 is 9.46 Å². The Morgan fingerprint density at radius 1 is 1.06 bits per heavy atom. The van der Waals surface area contributed by atoms with Gasteiger partial charge in [-0.3, -0.25) is 9.52 Å². The minimum absolute atomic E-state index is 0.106. The van der Waals surface area contributed by atoms with E-state index in [1.807, 2.05) is 0 Å². The van der Waals surface area contributed by atoms with E-state index in [4.69, 9.17) is 0 Å². The van der Waals surface area contributed by atoms with Crippen LogP contribution >= 0.6 is 0 Å². The van der Waals surface area contributed by atoms with Gasteiger partial charge in [0.2, 0.25) is 16.0 Å². The van der Waals surface area contributed by atoms with Crippen LogP contribution in [0.5, 0.6) is 5.75 Å². The van der Waals surface area contributed by atoms with Crippen molar-refractivity contribution in [2.45, 2.75) is 24.5 Å². The van der Waals surface area contributed by atoms with Gasteiger partial charge in [0.15, 0.2) is 5.82 Å². The van der Waals surface area contributed by atoms with Crippen molar-refractivity contribution in [1.29, 1.82) is 0 Å². The van der Waals surface area contributed by atoms with E-state index in [1.54, 1.807) is 24.3 Å². The maximum absolute atomic E-state index is 12.4. The molecule has 0 atom stereocenters. The quantitative estimate of drug-likeness (QED) is 0.550. The van der Waals surface area contributed by atoms with Crippen LogP contribution in [0.4, 0.5) is 19.1 Å². The minimum atomic E-state index is -4.83. The van der Waals surface area contributed by atoms with E-state index >= 15 is 0 Å².